The summed E-state index contributed by atoms with van der Waals surface area (Å²) in [6.07, 6.45) is 12.7. The first-order chi connectivity index (χ1) is 30.4. The lowest BCUT2D eigenvalue weighted by atomic mass is 9.98. The number of unbranched alkanes of at least 4 members (excludes halogenated alkanes) is 18. The number of hydrogen-bond donors (Lipinski definition) is 7. The summed E-state index contributed by atoms with van der Waals surface area (Å²) in [7, 11) is 0. The summed E-state index contributed by atoms with van der Waals surface area (Å²) in [5.41, 5.74) is 2.59. The van der Waals surface area contributed by atoms with Crippen LogP contribution >= 0.6 is 0 Å². The molecule has 0 spiro atoms. The van der Waals surface area contributed by atoms with E-state index in [9.17, 15) is 43.9 Å². The van der Waals surface area contributed by atoms with Crippen molar-refractivity contribution in [3.05, 3.63) is 70.8 Å². The molecule has 0 radical (unpaired) electrons. The predicted molar refractivity (Wildman–Crippen MR) is 242 cm³/mol. The van der Waals surface area contributed by atoms with Crippen LogP contribution in [0.5, 0.6) is 0 Å². The third kappa shape index (κ3) is 21.7. The first kappa shape index (κ1) is 54.3. The van der Waals surface area contributed by atoms with Crippen LogP contribution < -0.4 is 10.6 Å². The summed E-state index contributed by atoms with van der Waals surface area (Å²) in [4.78, 5) is 25.9. The van der Waals surface area contributed by atoms with Gasteiger partial charge in [0.05, 0.1) is 25.2 Å². The molecule has 1 heterocycles. The molecule has 2 unspecified atom stereocenters. The first-order valence-corrected chi connectivity index (χ1v) is 24.1. The fourth-order valence-electron chi connectivity index (χ4n) is 8.19. The van der Waals surface area contributed by atoms with Gasteiger partial charge in [-0.05, 0) is 61.4 Å². The second-order valence-corrected chi connectivity index (χ2v) is 17.7. The average Bonchev–Trinajstić information content (AvgIpc) is 3.27. The zero-order valence-electron chi connectivity index (χ0n) is 38.2. The van der Waals surface area contributed by atoms with Crippen molar-refractivity contribution in [1.29, 1.82) is 0 Å². The maximum atomic E-state index is 13.4. The Morgan fingerprint density at radius 2 is 1.30 bits per heavy atom. The van der Waals surface area contributed by atoms with E-state index in [2.05, 4.69) is 17.6 Å². The van der Waals surface area contributed by atoms with Crippen molar-refractivity contribution in [2.75, 3.05) is 13.2 Å². The van der Waals surface area contributed by atoms with Gasteiger partial charge in [0.25, 0.3) is 0 Å². The smallest absolute Gasteiger partial charge is 0.224 e. The summed E-state index contributed by atoms with van der Waals surface area (Å²) in [6, 6.07) is 10.4. The van der Waals surface area contributed by atoms with Crippen molar-refractivity contribution in [1.82, 2.24) is 10.6 Å². The Kier molecular flexibility index (Phi) is 27.4. The molecule has 13 heteroatoms. The monoisotopic (exact) mass is 891 g/mol. The van der Waals surface area contributed by atoms with Crippen molar-refractivity contribution in [3.8, 4) is 0 Å². The molecule has 0 aliphatic carbocycles. The normalized spacial score (nSPS) is 20.3. The second kappa shape index (κ2) is 31.8. The summed E-state index contributed by atoms with van der Waals surface area (Å²) in [5.74, 6) is -2.30. The summed E-state index contributed by atoms with van der Waals surface area (Å²) in [6.45, 7) is 3.59. The van der Waals surface area contributed by atoms with E-state index in [0.29, 0.717) is 25.7 Å². The van der Waals surface area contributed by atoms with Gasteiger partial charge in [-0.25, -0.2) is 8.78 Å². The zero-order valence-corrected chi connectivity index (χ0v) is 38.2. The van der Waals surface area contributed by atoms with E-state index in [1.807, 2.05) is 31.2 Å². The number of rotatable bonds is 34. The molecule has 0 aromatic heterocycles. The average molecular weight is 891 g/mol. The van der Waals surface area contributed by atoms with Crippen LogP contribution in [0.15, 0.2) is 42.5 Å². The maximum absolute atomic E-state index is 13.4. The van der Waals surface area contributed by atoms with Gasteiger partial charge in [0.1, 0.15) is 30.5 Å². The molecule has 358 valence electrons. The minimum atomic E-state index is -1.67. The number of halogens is 2. The minimum Gasteiger partial charge on any atom is -0.390 e. The van der Waals surface area contributed by atoms with Crippen LogP contribution in [0.1, 0.15) is 165 Å². The van der Waals surface area contributed by atoms with Crippen LogP contribution in [-0.2, 0) is 31.9 Å². The number of ether oxygens (including phenoxy) is 2. The van der Waals surface area contributed by atoms with E-state index >= 15 is 0 Å². The number of aryl methyl sites for hydroxylation is 2. The van der Waals surface area contributed by atoms with Crippen LogP contribution in [0.4, 0.5) is 8.78 Å². The van der Waals surface area contributed by atoms with Gasteiger partial charge in [-0.2, -0.15) is 0 Å². The third-order valence-corrected chi connectivity index (χ3v) is 12.3. The van der Waals surface area contributed by atoms with Gasteiger partial charge in [-0.3, -0.25) is 9.59 Å². The van der Waals surface area contributed by atoms with Gasteiger partial charge in [0.15, 0.2) is 17.9 Å². The maximum Gasteiger partial charge on any atom is 0.224 e. The van der Waals surface area contributed by atoms with E-state index in [4.69, 9.17) is 9.47 Å². The van der Waals surface area contributed by atoms with Crippen molar-refractivity contribution >= 4 is 11.8 Å². The number of nitrogens with one attached hydrogen (secondary N) is 2. The summed E-state index contributed by atoms with van der Waals surface area (Å²) >= 11 is 0. The van der Waals surface area contributed by atoms with E-state index in [0.717, 1.165) is 87.0 Å². The van der Waals surface area contributed by atoms with E-state index < -0.39 is 60.6 Å². The van der Waals surface area contributed by atoms with Crippen molar-refractivity contribution in [2.45, 2.75) is 217 Å². The van der Waals surface area contributed by atoms with Crippen molar-refractivity contribution in [2.24, 2.45) is 0 Å². The Hall–Kier alpha value is -3.04. The molecule has 11 nitrogen and oxygen atoms in total. The number of amides is 2. The van der Waals surface area contributed by atoms with Gasteiger partial charge >= 0.3 is 0 Å². The van der Waals surface area contributed by atoms with Gasteiger partial charge in [-0.1, -0.05) is 153 Å². The number of benzene rings is 2. The highest BCUT2D eigenvalue weighted by Gasteiger charge is 2.45. The molecule has 0 bridgehead atoms. The lowest BCUT2D eigenvalue weighted by Crippen LogP contribution is -2.61. The summed E-state index contributed by atoms with van der Waals surface area (Å²) in [5, 5.41) is 60.1. The highest BCUT2D eigenvalue weighted by molar-refractivity contribution is 5.79. The highest BCUT2D eigenvalue weighted by atomic mass is 19.2. The number of hydrogen-bond acceptors (Lipinski definition) is 9. The fraction of sp³-hybridized carbons (Fsp3) is 0.720. The minimum absolute atomic E-state index is 0.105. The van der Waals surface area contributed by atoms with E-state index in [-0.39, 0.29) is 37.8 Å². The van der Waals surface area contributed by atoms with E-state index in [1.54, 1.807) is 6.07 Å². The van der Waals surface area contributed by atoms with Crippen molar-refractivity contribution < 1.29 is 53.4 Å². The quantitative estimate of drug-likeness (QED) is 0.0346. The number of carbonyl (C=O) groups excluding carboxylic acids is 2. The Bertz CT molecular complexity index is 1550. The van der Waals surface area contributed by atoms with Gasteiger partial charge in [0.2, 0.25) is 11.8 Å². The molecule has 8 atom stereocenters. The molecule has 63 heavy (non-hydrogen) atoms. The molecular weight excluding hydrogens is 811 g/mol. The Labute approximate surface area is 375 Å². The zero-order chi connectivity index (χ0) is 45.8. The van der Waals surface area contributed by atoms with Gasteiger partial charge in [0, 0.05) is 13.0 Å². The van der Waals surface area contributed by atoms with Crippen LogP contribution in [0.25, 0.3) is 0 Å². The molecule has 1 fully saturated rings. The number of aliphatic hydroxyl groups is 5. The highest BCUT2D eigenvalue weighted by Crippen LogP contribution is 2.24. The molecule has 3 rings (SSSR count). The Balaban J connectivity index is 1.45. The van der Waals surface area contributed by atoms with Crippen LogP contribution in [0.2, 0.25) is 0 Å². The molecular formula is C50H80F2N2O9. The summed E-state index contributed by atoms with van der Waals surface area (Å²) < 4.78 is 38.3. The molecule has 1 aliphatic heterocycles. The largest absolute Gasteiger partial charge is 0.390 e. The first-order valence-electron chi connectivity index (χ1n) is 24.1. The molecule has 0 saturated carbocycles. The van der Waals surface area contributed by atoms with Gasteiger partial charge in [-0.15, -0.1) is 0 Å². The van der Waals surface area contributed by atoms with E-state index in [1.165, 1.54) is 57.4 Å². The topological polar surface area (TPSA) is 178 Å². The third-order valence-electron chi connectivity index (χ3n) is 12.3. The lowest BCUT2D eigenvalue weighted by molar-refractivity contribution is -0.297. The van der Waals surface area contributed by atoms with Crippen molar-refractivity contribution in [3.63, 3.8) is 0 Å². The fourth-order valence-corrected chi connectivity index (χ4v) is 8.19. The number of carbonyl (C=O) groups is 2. The molecule has 1 aliphatic rings. The van der Waals surface area contributed by atoms with Crippen LogP contribution in [0, 0.1) is 18.6 Å². The molecule has 2 aromatic carbocycles. The lowest BCUT2D eigenvalue weighted by Gasteiger charge is -2.41. The predicted octanol–water partition coefficient (Wildman–Crippen LogP) is 7.81. The Morgan fingerprint density at radius 3 is 1.92 bits per heavy atom. The van der Waals surface area contributed by atoms with Crippen LogP contribution in [0.3, 0.4) is 0 Å². The van der Waals surface area contributed by atoms with Gasteiger partial charge < -0.3 is 45.6 Å². The molecule has 1 saturated heterocycles. The number of aliphatic hydroxyl groups excluding tert-OH is 5. The molecule has 2 aromatic rings. The standard InChI is InChI=1S/C50H80F2N2O9/c1-3-4-5-6-7-8-9-10-11-15-18-21-28-42(55)46(58)41(54-44(56)29-22-19-16-13-12-14-17-20-26-37-30-31-39(51)40(52)32-37)35-62-50-49(61)48(60)47(59)43(63-50)34-53-45(57)33-38-27-24-23-25-36(38)2/h23-25,27,30-32,41-43,46-50,55,58-61H,3-22,26,28-29,33-35H2,1-2H3,(H,53,57)(H,54,56)/t41-,42+,43?,46-,47-,48-,49?,50-/m0/s1. The van der Waals surface area contributed by atoms with Crippen LogP contribution in [-0.4, -0.2) is 99.5 Å². The second-order valence-electron chi connectivity index (χ2n) is 17.7. The SMILES string of the molecule is CCCCCCCCCCCCCC[C@@H](O)[C@@H](O)[C@H](CO[C@H]1OC(CNC(=O)Cc2ccccc2C)[C@H](O)[C@H](O)C1O)NC(=O)CCCCCCCCCCc1ccc(F)c(F)c1. The molecule has 2 amide bonds. The molecule has 7 N–H and O–H groups in total. The Morgan fingerprint density at radius 1 is 0.714 bits per heavy atom.